The van der Waals surface area contributed by atoms with E-state index in [0.29, 0.717) is 12.4 Å². The van der Waals surface area contributed by atoms with Crippen LogP contribution in [-0.2, 0) is 4.74 Å². The van der Waals surface area contributed by atoms with Gasteiger partial charge in [-0.3, -0.25) is 4.90 Å². The van der Waals surface area contributed by atoms with Crippen LogP contribution in [0.5, 0.6) is 0 Å². The number of imide groups is 1. The molecule has 2 amide bonds. The van der Waals surface area contributed by atoms with Crippen LogP contribution in [0.2, 0.25) is 0 Å². The van der Waals surface area contributed by atoms with E-state index in [1.807, 2.05) is 6.92 Å². The van der Waals surface area contributed by atoms with Crippen LogP contribution in [0, 0.1) is 0 Å². The fraction of sp³-hybridized carbons (Fsp3) is 0.684. The number of piperazine rings is 1. The molecule has 0 radical (unpaired) electrons. The van der Waals surface area contributed by atoms with E-state index in [4.69, 9.17) is 4.74 Å². The van der Waals surface area contributed by atoms with Gasteiger partial charge in [-0.2, -0.15) is 9.59 Å². The lowest BCUT2D eigenvalue weighted by molar-refractivity contribution is -0.797. The Morgan fingerprint density at radius 3 is 2.32 bits per heavy atom. The first kappa shape index (κ1) is 20.5. The molecule has 1 N–H and O–H groups in total. The van der Waals surface area contributed by atoms with Gasteiger partial charge in [0.15, 0.2) is 0 Å². The van der Waals surface area contributed by atoms with Crippen LogP contribution in [-0.4, -0.2) is 87.1 Å². The molecule has 0 aliphatic carbocycles. The van der Waals surface area contributed by atoms with Crippen LogP contribution in [0.3, 0.4) is 0 Å². The Kier molecular flexibility index (Phi) is 5.58. The minimum atomic E-state index is -1.14. The van der Waals surface area contributed by atoms with Gasteiger partial charge in [0.2, 0.25) is 5.95 Å². The lowest BCUT2D eigenvalue weighted by Gasteiger charge is -2.37. The van der Waals surface area contributed by atoms with Crippen molar-refractivity contribution >= 4 is 18.1 Å². The molecule has 1 aromatic heterocycles. The normalized spacial score (nSPS) is 28.9. The lowest BCUT2D eigenvalue weighted by Crippen LogP contribution is -2.61. The highest BCUT2D eigenvalue weighted by Gasteiger charge is 2.60. The molecule has 9 nitrogen and oxygen atoms in total. The van der Waals surface area contributed by atoms with Crippen molar-refractivity contribution < 1.29 is 23.9 Å². The predicted molar refractivity (Wildman–Crippen MR) is 103 cm³/mol. The Hall–Kier alpha value is -2.26. The average molecular weight is 392 g/mol. The summed E-state index contributed by atoms with van der Waals surface area (Å²) in [5, 5.41) is 9.94. The molecule has 0 saturated carbocycles. The molecule has 0 bridgehead atoms. The molecule has 2 aliphatic heterocycles. The van der Waals surface area contributed by atoms with Gasteiger partial charge in [0.05, 0.1) is 6.04 Å². The van der Waals surface area contributed by atoms with Gasteiger partial charge in [-0.1, -0.05) is 0 Å². The van der Waals surface area contributed by atoms with Gasteiger partial charge in [0.25, 0.3) is 0 Å². The van der Waals surface area contributed by atoms with Gasteiger partial charge >= 0.3 is 12.2 Å². The fourth-order valence-electron chi connectivity index (χ4n) is 4.11. The van der Waals surface area contributed by atoms with Crippen molar-refractivity contribution in [1.29, 1.82) is 0 Å². The second-order valence-electron chi connectivity index (χ2n) is 8.62. The van der Waals surface area contributed by atoms with E-state index >= 15 is 0 Å². The van der Waals surface area contributed by atoms with E-state index in [1.54, 1.807) is 39.2 Å². The number of carboxylic acid groups (broad SMARTS) is 1. The Balaban J connectivity index is 1.68. The first-order valence-corrected chi connectivity index (χ1v) is 9.74. The summed E-state index contributed by atoms with van der Waals surface area (Å²) in [6, 6.07) is 1.48. The van der Waals surface area contributed by atoms with Crippen molar-refractivity contribution in [3.8, 4) is 0 Å². The molecule has 3 heterocycles. The van der Waals surface area contributed by atoms with Gasteiger partial charge in [0.1, 0.15) is 18.2 Å². The van der Waals surface area contributed by atoms with Gasteiger partial charge in [0, 0.05) is 45.0 Å². The minimum Gasteiger partial charge on any atom is -0.435 e. The molecule has 2 fully saturated rings. The first-order chi connectivity index (χ1) is 13.1. The van der Waals surface area contributed by atoms with Crippen molar-refractivity contribution in [2.75, 3.05) is 37.6 Å². The maximum absolute atomic E-state index is 12.8. The number of quaternary nitrogens is 1. The third-order valence-electron chi connectivity index (χ3n) is 5.59. The number of aromatic nitrogens is 2. The van der Waals surface area contributed by atoms with Gasteiger partial charge in [-0.25, -0.2) is 9.97 Å². The molecular formula is C19H30N5O4+. The Labute approximate surface area is 165 Å². The van der Waals surface area contributed by atoms with Crippen molar-refractivity contribution in [2.24, 2.45) is 0 Å². The summed E-state index contributed by atoms with van der Waals surface area (Å²) in [4.78, 5) is 38.0. The molecule has 2 saturated heterocycles. The molecule has 2 unspecified atom stereocenters. The van der Waals surface area contributed by atoms with Crippen molar-refractivity contribution in [1.82, 2.24) is 14.9 Å². The Bertz CT molecular complexity index is 715. The maximum Gasteiger partial charge on any atom is 0.527 e. The molecule has 154 valence electrons. The monoisotopic (exact) mass is 392 g/mol. The number of likely N-dealkylation sites (tertiary alicyclic amines) is 1. The summed E-state index contributed by atoms with van der Waals surface area (Å²) in [5.74, 6) is 0.714. The molecular weight excluding hydrogens is 362 g/mol. The summed E-state index contributed by atoms with van der Waals surface area (Å²) >= 11 is 0. The minimum absolute atomic E-state index is 0.0254. The standard InChI is InChI=1S/C19H29N5O4/c1-14-12-15(13-24(14,17(25)26)18(27)28-19(2,3)4)22-8-10-23(11-9-22)16-20-6-5-7-21-16/h5-7,14-15H,8-13H2,1-4H3/p+1/t14?,15-,24?/m0/s1. The van der Waals surface area contributed by atoms with E-state index in [-0.39, 0.29) is 18.6 Å². The zero-order valence-corrected chi connectivity index (χ0v) is 17.0. The molecule has 28 heavy (non-hydrogen) atoms. The van der Waals surface area contributed by atoms with E-state index in [1.165, 1.54) is 0 Å². The third-order valence-corrected chi connectivity index (χ3v) is 5.59. The van der Waals surface area contributed by atoms with E-state index in [0.717, 1.165) is 26.2 Å². The van der Waals surface area contributed by atoms with Gasteiger partial charge < -0.3 is 14.7 Å². The number of carbonyl (C=O) groups is 2. The number of amides is 2. The average Bonchev–Trinajstić information content (AvgIpc) is 3.00. The van der Waals surface area contributed by atoms with Crippen molar-refractivity contribution in [3.63, 3.8) is 0 Å². The first-order valence-electron chi connectivity index (χ1n) is 9.74. The van der Waals surface area contributed by atoms with Crippen LogP contribution in [0.15, 0.2) is 18.5 Å². The highest BCUT2D eigenvalue weighted by atomic mass is 16.6. The van der Waals surface area contributed by atoms with E-state index in [9.17, 15) is 14.7 Å². The zero-order chi connectivity index (χ0) is 20.5. The maximum atomic E-state index is 12.8. The molecule has 0 spiro atoms. The smallest absolute Gasteiger partial charge is 0.435 e. The van der Waals surface area contributed by atoms with Crippen molar-refractivity contribution in [2.45, 2.75) is 51.8 Å². The number of hydrogen-bond acceptors (Lipinski definition) is 7. The van der Waals surface area contributed by atoms with Crippen LogP contribution in [0.25, 0.3) is 0 Å². The SMILES string of the molecule is CC1C[C@H](N2CCN(c3ncccn3)CC2)C[N+]1(C(=O)O)C(=O)OC(C)(C)C. The van der Waals surface area contributed by atoms with Gasteiger partial charge in [-0.05, 0) is 33.8 Å². The number of nitrogens with zero attached hydrogens (tertiary/aromatic N) is 5. The van der Waals surface area contributed by atoms with Crippen LogP contribution in [0.4, 0.5) is 15.5 Å². The second-order valence-corrected chi connectivity index (χ2v) is 8.62. The van der Waals surface area contributed by atoms with Gasteiger partial charge in [-0.15, -0.1) is 4.48 Å². The Morgan fingerprint density at radius 2 is 1.79 bits per heavy atom. The summed E-state index contributed by atoms with van der Waals surface area (Å²) in [7, 11) is 0. The summed E-state index contributed by atoms with van der Waals surface area (Å²) in [6.45, 7) is 10.4. The number of carbonyl (C=O) groups excluding carboxylic acids is 1. The number of ether oxygens (including phenoxy) is 1. The van der Waals surface area contributed by atoms with Crippen LogP contribution < -0.4 is 4.90 Å². The summed E-state index contributed by atoms with van der Waals surface area (Å²) in [5.41, 5.74) is -0.725. The quantitative estimate of drug-likeness (QED) is 0.765. The molecule has 1 aromatic rings. The van der Waals surface area contributed by atoms with Crippen LogP contribution >= 0.6 is 0 Å². The van der Waals surface area contributed by atoms with Crippen molar-refractivity contribution in [3.05, 3.63) is 18.5 Å². The highest BCUT2D eigenvalue weighted by Crippen LogP contribution is 2.33. The molecule has 0 aromatic carbocycles. The predicted octanol–water partition coefficient (Wildman–Crippen LogP) is 2.19. The molecule has 9 heteroatoms. The largest absolute Gasteiger partial charge is 0.527 e. The number of anilines is 1. The van der Waals surface area contributed by atoms with E-state index in [2.05, 4.69) is 19.8 Å². The van der Waals surface area contributed by atoms with Crippen LogP contribution in [0.1, 0.15) is 34.1 Å². The lowest BCUT2D eigenvalue weighted by atomic mass is 10.1. The summed E-state index contributed by atoms with van der Waals surface area (Å²) in [6.07, 6.45) is 2.29. The molecule has 2 aliphatic rings. The second kappa shape index (κ2) is 7.63. The topological polar surface area (TPSA) is 95.9 Å². The number of hydrogen-bond donors (Lipinski definition) is 1. The number of rotatable bonds is 2. The highest BCUT2D eigenvalue weighted by molar-refractivity contribution is 5.76. The summed E-state index contributed by atoms with van der Waals surface area (Å²) < 4.78 is 4.81. The Morgan fingerprint density at radius 1 is 1.18 bits per heavy atom. The molecule has 3 atom stereocenters. The fourth-order valence-corrected chi connectivity index (χ4v) is 4.11. The zero-order valence-electron chi connectivity index (χ0n) is 17.0. The van der Waals surface area contributed by atoms with E-state index < -0.39 is 22.3 Å². The third kappa shape index (κ3) is 3.95. The molecule has 3 rings (SSSR count).